The van der Waals surface area contributed by atoms with Gasteiger partial charge in [0.2, 0.25) is 0 Å². The van der Waals surface area contributed by atoms with Gasteiger partial charge < -0.3 is 10.6 Å². The number of hydrogen-bond donors (Lipinski definition) is 1. The molecule has 1 aromatic carbocycles. The molecule has 0 aliphatic carbocycles. The summed E-state index contributed by atoms with van der Waals surface area (Å²) in [6, 6.07) is 10.3. The van der Waals surface area contributed by atoms with Crippen molar-refractivity contribution in [3.05, 3.63) is 51.6 Å². The summed E-state index contributed by atoms with van der Waals surface area (Å²) in [6.07, 6.45) is 1.05. The second kappa shape index (κ2) is 4.85. The lowest BCUT2D eigenvalue weighted by atomic mass is 9.99. The Morgan fingerprint density at radius 3 is 2.84 bits per heavy atom. The van der Waals surface area contributed by atoms with Gasteiger partial charge in [-0.2, -0.15) is 0 Å². The van der Waals surface area contributed by atoms with Gasteiger partial charge in [-0.05, 0) is 64.7 Å². The molecule has 98 valence electrons. The van der Waals surface area contributed by atoms with Crippen LogP contribution >= 0.6 is 15.9 Å². The second-order valence-corrected chi connectivity index (χ2v) is 5.79. The lowest BCUT2D eigenvalue weighted by molar-refractivity contribution is 0.719. The Labute approximate surface area is 121 Å². The molecular formula is C15H16BrN3. The van der Waals surface area contributed by atoms with Crippen molar-refractivity contribution in [2.24, 2.45) is 0 Å². The first-order valence-electron chi connectivity index (χ1n) is 6.39. The van der Waals surface area contributed by atoms with Crippen LogP contribution < -0.4 is 10.6 Å². The summed E-state index contributed by atoms with van der Waals surface area (Å²) in [5, 5.41) is 0. The Kier molecular flexibility index (Phi) is 3.19. The smallest absolute Gasteiger partial charge is 0.129 e. The van der Waals surface area contributed by atoms with Crippen LogP contribution in [0.2, 0.25) is 0 Å². The molecule has 3 rings (SSSR count). The molecule has 0 saturated heterocycles. The molecule has 1 aliphatic heterocycles. The molecule has 0 spiro atoms. The summed E-state index contributed by atoms with van der Waals surface area (Å²) >= 11 is 3.49. The summed E-state index contributed by atoms with van der Waals surface area (Å²) in [7, 11) is 0. The van der Waals surface area contributed by atoms with Crippen molar-refractivity contribution in [1.82, 2.24) is 4.98 Å². The zero-order valence-corrected chi connectivity index (χ0v) is 12.4. The number of anilines is 2. The van der Waals surface area contributed by atoms with Crippen LogP contribution in [0.4, 0.5) is 11.5 Å². The van der Waals surface area contributed by atoms with Crippen molar-refractivity contribution < 1.29 is 0 Å². The van der Waals surface area contributed by atoms with Crippen LogP contribution in [0.5, 0.6) is 0 Å². The maximum absolute atomic E-state index is 5.87. The Bertz CT molecular complexity index is 625. The fraction of sp³-hybridized carbons (Fsp3) is 0.267. The molecule has 0 bridgehead atoms. The molecular weight excluding hydrogens is 302 g/mol. The van der Waals surface area contributed by atoms with Crippen molar-refractivity contribution in [2.75, 3.05) is 17.2 Å². The van der Waals surface area contributed by atoms with E-state index >= 15 is 0 Å². The van der Waals surface area contributed by atoms with E-state index in [1.807, 2.05) is 13.0 Å². The van der Waals surface area contributed by atoms with Gasteiger partial charge in [0, 0.05) is 23.2 Å². The van der Waals surface area contributed by atoms with Gasteiger partial charge in [-0.25, -0.2) is 4.98 Å². The van der Waals surface area contributed by atoms with Gasteiger partial charge in [0.1, 0.15) is 5.82 Å². The van der Waals surface area contributed by atoms with Crippen molar-refractivity contribution >= 4 is 27.4 Å². The van der Waals surface area contributed by atoms with Crippen LogP contribution in [0.1, 0.15) is 16.8 Å². The minimum Gasteiger partial charge on any atom is -0.399 e. The Balaban J connectivity index is 1.90. The molecule has 0 fully saturated rings. The molecule has 0 amide bonds. The molecule has 3 nitrogen and oxygen atoms in total. The predicted molar refractivity (Wildman–Crippen MR) is 82.3 cm³/mol. The van der Waals surface area contributed by atoms with Crippen molar-refractivity contribution in [2.45, 2.75) is 19.9 Å². The molecule has 2 N–H and O–H groups in total. The van der Waals surface area contributed by atoms with Gasteiger partial charge >= 0.3 is 0 Å². The number of hydrogen-bond acceptors (Lipinski definition) is 3. The number of nitrogen functional groups attached to an aromatic ring is 1. The first-order valence-corrected chi connectivity index (χ1v) is 7.18. The van der Waals surface area contributed by atoms with Crippen molar-refractivity contribution in [3.8, 4) is 0 Å². The molecule has 0 saturated carbocycles. The predicted octanol–water partition coefficient (Wildman–Crippen LogP) is 3.30. The Hall–Kier alpha value is -1.55. The van der Waals surface area contributed by atoms with Gasteiger partial charge in [0.25, 0.3) is 0 Å². The normalized spacial score (nSPS) is 14.3. The number of nitrogens with zero attached hydrogens (tertiary/aromatic N) is 2. The maximum atomic E-state index is 5.87. The highest BCUT2D eigenvalue weighted by molar-refractivity contribution is 9.10. The Morgan fingerprint density at radius 1 is 1.21 bits per heavy atom. The van der Waals surface area contributed by atoms with E-state index in [0.29, 0.717) is 0 Å². The van der Waals surface area contributed by atoms with E-state index in [-0.39, 0.29) is 0 Å². The van der Waals surface area contributed by atoms with Crippen molar-refractivity contribution in [3.63, 3.8) is 0 Å². The molecule has 1 aromatic heterocycles. The van der Waals surface area contributed by atoms with Gasteiger partial charge in [0.15, 0.2) is 0 Å². The highest BCUT2D eigenvalue weighted by Crippen LogP contribution is 2.26. The van der Waals surface area contributed by atoms with E-state index in [1.165, 1.54) is 11.1 Å². The molecule has 0 atom stereocenters. The lowest BCUT2D eigenvalue weighted by Gasteiger charge is -2.30. The van der Waals surface area contributed by atoms with Crippen LogP contribution in [-0.2, 0) is 13.0 Å². The zero-order valence-electron chi connectivity index (χ0n) is 10.9. The molecule has 1 aliphatic rings. The lowest BCUT2D eigenvalue weighted by Crippen LogP contribution is -2.31. The summed E-state index contributed by atoms with van der Waals surface area (Å²) in [5.74, 6) is 1.04. The number of benzene rings is 1. The monoisotopic (exact) mass is 317 g/mol. The Morgan fingerprint density at radius 2 is 2.05 bits per heavy atom. The third-order valence-corrected chi connectivity index (χ3v) is 4.41. The fourth-order valence-electron chi connectivity index (χ4n) is 2.48. The molecule has 2 aromatic rings. The summed E-state index contributed by atoms with van der Waals surface area (Å²) < 4.78 is 1.05. The average Bonchev–Trinajstić information content (AvgIpc) is 2.41. The fourth-order valence-corrected chi connectivity index (χ4v) is 2.70. The van der Waals surface area contributed by atoms with Gasteiger partial charge in [-0.3, -0.25) is 0 Å². The van der Waals surface area contributed by atoms with Crippen molar-refractivity contribution in [1.29, 1.82) is 0 Å². The van der Waals surface area contributed by atoms with E-state index in [4.69, 9.17) is 5.73 Å². The molecule has 0 unspecified atom stereocenters. The summed E-state index contributed by atoms with van der Waals surface area (Å²) in [4.78, 5) is 6.95. The third-order valence-electron chi connectivity index (χ3n) is 3.57. The van der Waals surface area contributed by atoms with Crippen LogP contribution in [-0.4, -0.2) is 11.5 Å². The number of fused-ring (bicyclic) bond motifs is 1. The number of nitrogens with two attached hydrogens (primary N) is 1. The standard InChI is InChI=1S/C15H16BrN3/c1-10-14(16)4-5-15(18-10)19-7-6-11-2-3-13(17)8-12(11)9-19/h2-5,8H,6-7,9,17H2,1H3. The van der Waals surface area contributed by atoms with Crippen LogP contribution in [0.15, 0.2) is 34.8 Å². The number of aromatic nitrogens is 1. The molecule has 0 radical (unpaired) electrons. The first-order chi connectivity index (χ1) is 9.13. The second-order valence-electron chi connectivity index (χ2n) is 4.94. The largest absolute Gasteiger partial charge is 0.399 e. The number of pyridine rings is 1. The number of rotatable bonds is 1. The van der Waals surface area contributed by atoms with Gasteiger partial charge in [-0.1, -0.05) is 6.07 Å². The summed E-state index contributed by atoms with van der Waals surface area (Å²) in [6.45, 7) is 3.91. The van der Waals surface area contributed by atoms with E-state index in [1.54, 1.807) is 0 Å². The zero-order chi connectivity index (χ0) is 13.4. The van der Waals surface area contributed by atoms with Gasteiger partial charge in [-0.15, -0.1) is 0 Å². The van der Waals surface area contributed by atoms with E-state index < -0.39 is 0 Å². The molecule has 19 heavy (non-hydrogen) atoms. The minimum atomic E-state index is 0.834. The third kappa shape index (κ3) is 2.45. The van der Waals surface area contributed by atoms with Crippen LogP contribution in [0.25, 0.3) is 0 Å². The van der Waals surface area contributed by atoms with Gasteiger partial charge in [0.05, 0.1) is 5.69 Å². The highest BCUT2D eigenvalue weighted by atomic mass is 79.9. The molecule has 2 heterocycles. The maximum Gasteiger partial charge on any atom is 0.129 e. The SMILES string of the molecule is Cc1nc(N2CCc3ccc(N)cc3C2)ccc1Br. The topological polar surface area (TPSA) is 42.2 Å². The quantitative estimate of drug-likeness (QED) is 0.821. The summed E-state index contributed by atoms with van der Waals surface area (Å²) in [5.41, 5.74) is 10.4. The first kappa shape index (κ1) is 12.5. The van der Waals surface area contributed by atoms with E-state index in [0.717, 1.165) is 41.2 Å². The van der Waals surface area contributed by atoms with E-state index in [9.17, 15) is 0 Å². The highest BCUT2D eigenvalue weighted by Gasteiger charge is 2.17. The molecule has 4 heteroatoms. The van der Waals surface area contributed by atoms with E-state index in [2.05, 4.69) is 50.1 Å². The average molecular weight is 318 g/mol. The van der Waals surface area contributed by atoms with Crippen LogP contribution in [0.3, 0.4) is 0 Å². The van der Waals surface area contributed by atoms with Crippen LogP contribution in [0, 0.1) is 6.92 Å². The minimum absolute atomic E-state index is 0.834. The number of aryl methyl sites for hydroxylation is 1. The number of halogens is 1.